The number of hydrogen-bond acceptors (Lipinski definition) is 5. The molecule has 0 atom stereocenters. The van der Waals surface area contributed by atoms with E-state index >= 15 is 0 Å². The molecule has 3 aromatic carbocycles. The summed E-state index contributed by atoms with van der Waals surface area (Å²) in [7, 11) is 0. The molecule has 3 aromatic rings. The molecule has 1 N–H and O–H groups in total. The first-order chi connectivity index (χ1) is 17.2. The van der Waals surface area contributed by atoms with E-state index in [1.807, 2.05) is 71.6 Å². The summed E-state index contributed by atoms with van der Waals surface area (Å²) >= 11 is 0. The zero-order valence-electron chi connectivity index (χ0n) is 19.8. The average Bonchev–Trinajstić information content (AvgIpc) is 3.38. The standard InChI is InChI=1S/C29H31NO5/c31-18-24-17-28-27(34-20-35-28)16-23(24)11-10-21-12-14-30(15-13-21)29(32)19-33-26-9-5-4-8-25(26)22-6-2-1-3-7-22/h1-9,16-17,21,31H,10-15,18-20H2. The van der Waals surface area contributed by atoms with E-state index in [2.05, 4.69) is 0 Å². The number of amides is 1. The molecule has 0 radical (unpaired) electrons. The van der Waals surface area contributed by atoms with Crippen LogP contribution in [0.3, 0.4) is 0 Å². The normalized spacial score (nSPS) is 15.3. The van der Waals surface area contributed by atoms with Crippen LogP contribution in [0, 0.1) is 5.92 Å². The van der Waals surface area contributed by atoms with Crippen molar-refractivity contribution >= 4 is 5.91 Å². The van der Waals surface area contributed by atoms with Crippen LogP contribution in [0.15, 0.2) is 66.7 Å². The zero-order chi connectivity index (χ0) is 24.0. The summed E-state index contributed by atoms with van der Waals surface area (Å²) in [6.45, 7) is 1.78. The summed E-state index contributed by atoms with van der Waals surface area (Å²) < 4.78 is 16.9. The van der Waals surface area contributed by atoms with Crippen LogP contribution >= 0.6 is 0 Å². The molecule has 0 bridgehead atoms. The number of carbonyl (C=O) groups is 1. The number of rotatable bonds is 8. The molecule has 6 nitrogen and oxygen atoms in total. The van der Waals surface area contributed by atoms with Crippen molar-refractivity contribution in [2.45, 2.75) is 32.3 Å². The fourth-order valence-corrected chi connectivity index (χ4v) is 4.92. The molecule has 1 fully saturated rings. The Balaban J connectivity index is 1.11. The van der Waals surface area contributed by atoms with Crippen molar-refractivity contribution < 1.29 is 24.1 Å². The second-order valence-electron chi connectivity index (χ2n) is 9.15. The van der Waals surface area contributed by atoms with E-state index in [9.17, 15) is 9.90 Å². The Morgan fingerprint density at radius 3 is 2.37 bits per heavy atom. The Bertz CT molecular complexity index is 1150. The summed E-state index contributed by atoms with van der Waals surface area (Å²) in [5.41, 5.74) is 4.07. The van der Waals surface area contributed by atoms with Gasteiger partial charge in [-0.1, -0.05) is 48.5 Å². The minimum atomic E-state index is -0.00762. The van der Waals surface area contributed by atoms with Crippen molar-refractivity contribution in [1.82, 2.24) is 4.90 Å². The fourth-order valence-electron chi connectivity index (χ4n) is 4.92. The van der Waals surface area contributed by atoms with Crippen LogP contribution < -0.4 is 14.2 Å². The molecule has 0 unspecified atom stereocenters. The number of hydrogen-bond donors (Lipinski definition) is 1. The summed E-state index contributed by atoms with van der Waals surface area (Å²) in [6.07, 6.45) is 3.86. The number of ether oxygens (including phenoxy) is 3. The van der Waals surface area contributed by atoms with Gasteiger partial charge in [-0.05, 0) is 66.5 Å². The topological polar surface area (TPSA) is 68.2 Å². The Morgan fingerprint density at radius 2 is 1.63 bits per heavy atom. The molecule has 2 heterocycles. The molecule has 5 rings (SSSR count). The minimum Gasteiger partial charge on any atom is -0.483 e. The predicted octanol–water partition coefficient (Wildman–Crippen LogP) is 4.82. The molecule has 35 heavy (non-hydrogen) atoms. The van der Waals surface area contributed by atoms with E-state index in [-0.39, 0.29) is 25.9 Å². The van der Waals surface area contributed by atoms with Gasteiger partial charge in [0.2, 0.25) is 6.79 Å². The first-order valence-electron chi connectivity index (χ1n) is 12.3. The number of aliphatic hydroxyl groups excluding tert-OH is 1. The van der Waals surface area contributed by atoms with Crippen molar-refractivity contribution in [3.05, 3.63) is 77.9 Å². The van der Waals surface area contributed by atoms with Gasteiger partial charge in [-0.15, -0.1) is 0 Å². The SMILES string of the molecule is O=C(COc1ccccc1-c1ccccc1)N1CCC(CCc2cc3c(cc2CO)OCO3)CC1. The monoisotopic (exact) mass is 473 g/mol. The second kappa shape index (κ2) is 10.8. The molecule has 0 aromatic heterocycles. The zero-order valence-corrected chi connectivity index (χ0v) is 19.8. The van der Waals surface area contributed by atoms with Crippen LogP contribution in [-0.2, 0) is 17.8 Å². The van der Waals surface area contributed by atoms with Gasteiger partial charge in [-0.25, -0.2) is 0 Å². The highest BCUT2D eigenvalue weighted by molar-refractivity contribution is 5.78. The number of aliphatic hydroxyl groups is 1. The number of carbonyl (C=O) groups excluding carboxylic acids is 1. The van der Waals surface area contributed by atoms with Crippen molar-refractivity contribution in [1.29, 1.82) is 0 Å². The molecular weight excluding hydrogens is 442 g/mol. The van der Waals surface area contributed by atoms with Gasteiger partial charge in [0, 0.05) is 18.7 Å². The third-order valence-electron chi connectivity index (χ3n) is 6.98. The van der Waals surface area contributed by atoms with Gasteiger partial charge in [-0.3, -0.25) is 4.79 Å². The maximum absolute atomic E-state index is 12.8. The van der Waals surface area contributed by atoms with Gasteiger partial charge < -0.3 is 24.2 Å². The minimum absolute atomic E-state index is 0.00762. The molecule has 0 aliphatic carbocycles. The number of nitrogens with zero attached hydrogens (tertiary/aromatic N) is 1. The number of aryl methyl sites for hydroxylation is 1. The second-order valence-corrected chi connectivity index (χ2v) is 9.15. The average molecular weight is 474 g/mol. The highest BCUT2D eigenvalue weighted by Crippen LogP contribution is 2.36. The van der Waals surface area contributed by atoms with Crippen LogP contribution in [0.5, 0.6) is 17.2 Å². The third-order valence-corrected chi connectivity index (χ3v) is 6.98. The van der Waals surface area contributed by atoms with Gasteiger partial charge in [0.05, 0.1) is 6.61 Å². The third kappa shape index (κ3) is 5.43. The lowest BCUT2D eigenvalue weighted by molar-refractivity contribution is -0.134. The molecule has 0 spiro atoms. The first-order valence-corrected chi connectivity index (χ1v) is 12.3. The van der Waals surface area contributed by atoms with Gasteiger partial charge in [0.25, 0.3) is 5.91 Å². The van der Waals surface area contributed by atoms with Gasteiger partial charge in [-0.2, -0.15) is 0 Å². The molecule has 182 valence electrons. The highest BCUT2D eigenvalue weighted by atomic mass is 16.7. The molecule has 2 aliphatic rings. The summed E-state index contributed by atoms with van der Waals surface area (Å²) in [4.78, 5) is 14.8. The van der Waals surface area contributed by atoms with E-state index in [1.54, 1.807) is 0 Å². The van der Waals surface area contributed by atoms with Crippen molar-refractivity contribution in [2.75, 3.05) is 26.5 Å². The Kier molecular flexibility index (Phi) is 7.19. The number of fused-ring (bicyclic) bond motifs is 1. The van der Waals surface area contributed by atoms with E-state index in [4.69, 9.17) is 14.2 Å². The molecule has 6 heteroatoms. The van der Waals surface area contributed by atoms with Crippen LogP contribution in [0.1, 0.15) is 30.4 Å². The fraction of sp³-hybridized carbons (Fsp3) is 0.345. The summed E-state index contributed by atoms with van der Waals surface area (Å²) in [6, 6.07) is 21.8. The number of para-hydroxylation sites is 1. The van der Waals surface area contributed by atoms with Crippen LogP contribution in [0.4, 0.5) is 0 Å². The number of benzene rings is 3. The Labute approximate surface area is 206 Å². The van der Waals surface area contributed by atoms with Crippen LogP contribution in [-0.4, -0.2) is 42.4 Å². The lowest BCUT2D eigenvalue weighted by Gasteiger charge is -2.32. The van der Waals surface area contributed by atoms with E-state index in [0.717, 1.165) is 72.5 Å². The predicted molar refractivity (Wildman–Crippen MR) is 133 cm³/mol. The largest absolute Gasteiger partial charge is 0.483 e. The maximum atomic E-state index is 12.8. The van der Waals surface area contributed by atoms with Crippen LogP contribution in [0.25, 0.3) is 11.1 Å². The molecule has 2 aliphatic heterocycles. The van der Waals surface area contributed by atoms with E-state index < -0.39 is 0 Å². The molecular formula is C29H31NO5. The smallest absolute Gasteiger partial charge is 0.260 e. The lowest BCUT2D eigenvalue weighted by Crippen LogP contribution is -2.41. The Morgan fingerprint density at radius 1 is 0.943 bits per heavy atom. The number of likely N-dealkylation sites (tertiary alicyclic amines) is 1. The first kappa shape index (κ1) is 23.2. The van der Waals surface area contributed by atoms with Gasteiger partial charge in [0.15, 0.2) is 18.1 Å². The van der Waals surface area contributed by atoms with Crippen molar-refractivity contribution in [3.63, 3.8) is 0 Å². The molecule has 1 amide bonds. The number of piperidine rings is 1. The van der Waals surface area contributed by atoms with Crippen LogP contribution in [0.2, 0.25) is 0 Å². The maximum Gasteiger partial charge on any atom is 0.260 e. The van der Waals surface area contributed by atoms with Crippen molar-refractivity contribution in [3.8, 4) is 28.4 Å². The van der Waals surface area contributed by atoms with E-state index in [1.165, 1.54) is 0 Å². The summed E-state index contributed by atoms with van der Waals surface area (Å²) in [5, 5.41) is 9.74. The molecule has 0 saturated carbocycles. The summed E-state index contributed by atoms with van der Waals surface area (Å²) in [5.74, 6) is 2.77. The van der Waals surface area contributed by atoms with Crippen molar-refractivity contribution in [2.24, 2.45) is 5.92 Å². The highest BCUT2D eigenvalue weighted by Gasteiger charge is 2.24. The van der Waals surface area contributed by atoms with Gasteiger partial charge >= 0.3 is 0 Å². The lowest BCUT2D eigenvalue weighted by atomic mass is 9.89. The Hall–Kier alpha value is -3.51. The van der Waals surface area contributed by atoms with Gasteiger partial charge in [0.1, 0.15) is 5.75 Å². The molecule has 1 saturated heterocycles. The van der Waals surface area contributed by atoms with E-state index in [0.29, 0.717) is 11.7 Å². The quantitative estimate of drug-likeness (QED) is 0.508.